The second-order valence-electron chi connectivity index (χ2n) is 16.2. The van der Waals surface area contributed by atoms with Crippen molar-refractivity contribution in [1.82, 2.24) is 0 Å². The largest absolute Gasteiger partial charge is 0.491 e. The van der Waals surface area contributed by atoms with Crippen LogP contribution in [0.4, 0.5) is 0 Å². The van der Waals surface area contributed by atoms with E-state index in [1.165, 1.54) is 114 Å². The Bertz CT molecular complexity index is 1660. The Kier molecular flexibility index (Phi) is 20.7. The predicted octanol–water partition coefficient (Wildman–Crippen LogP) is 15.0. The molecule has 0 aliphatic carbocycles. The minimum Gasteiger partial charge on any atom is -0.491 e. The van der Waals surface area contributed by atoms with Gasteiger partial charge in [-0.15, -0.1) is 0 Å². The molecule has 0 radical (unpaired) electrons. The summed E-state index contributed by atoms with van der Waals surface area (Å²) in [6, 6.07) is 49.1. The monoisotopic (exact) mass is 781 g/mol. The van der Waals surface area contributed by atoms with Gasteiger partial charge in [-0.05, 0) is 65.1 Å². The summed E-state index contributed by atoms with van der Waals surface area (Å²) in [6.45, 7) is 5.79. The van der Waals surface area contributed by atoms with Gasteiger partial charge in [-0.3, -0.25) is 0 Å². The van der Waals surface area contributed by atoms with Gasteiger partial charge in [0.2, 0.25) is 0 Å². The second kappa shape index (κ2) is 26.7. The Morgan fingerprint density at radius 1 is 0.431 bits per heavy atom. The van der Waals surface area contributed by atoms with Crippen molar-refractivity contribution in [3.05, 3.63) is 173 Å². The van der Waals surface area contributed by atoms with E-state index in [0.717, 1.165) is 40.8 Å². The fourth-order valence-electron chi connectivity index (χ4n) is 8.14. The van der Waals surface area contributed by atoms with Crippen molar-refractivity contribution in [3.8, 4) is 5.75 Å². The van der Waals surface area contributed by atoms with Crippen molar-refractivity contribution in [1.29, 1.82) is 0 Å². The Balaban J connectivity index is 1.27. The van der Waals surface area contributed by atoms with Crippen molar-refractivity contribution in [2.75, 3.05) is 13.2 Å². The van der Waals surface area contributed by atoms with Crippen molar-refractivity contribution in [2.24, 2.45) is 0 Å². The SMILES string of the molecule is CCCCCCCCCCCCCCc1ccc(OCC(COC(c2ccccc2)(c2ccccc2)c2ccccc2)OCc2ccccc2)c(CCCCCC)c1. The van der Waals surface area contributed by atoms with Gasteiger partial charge in [-0.1, -0.05) is 237 Å². The minimum absolute atomic E-state index is 0.315. The number of ether oxygens (including phenoxy) is 3. The first-order valence-corrected chi connectivity index (χ1v) is 22.9. The lowest BCUT2D eigenvalue weighted by atomic mass is 9.80. The molecular weight excluding hydrogens is 709 g/mol. The third kappa shape index (κ3) is 14.9. The Morgan fingerprint density at radius 3 is 1.40 bits per heavy atom. The van der Waals surface area contributed by atoms with E-state index >= 15 is 0 Å². The van der Waals surface area contributed by atoms with Crippen LogP contribution in [0.5, 0.6) is 5.75 Å². The van der Waals surface area contributed by atoms with E-state index in [9.17, 15) is 0 Å². The van der Waals surface area contributed by atoms with Crippen molar-refractivity contribution >= 4 is 0 Å². The molecule has 1 unspecified atom stereocenters. The first-order valence-electron chi connectivity index (χ1n) is 22.9. The number of aryl methyl sites for hydroxylation is 2. The fraction of sp³-hybridized carbons (Fsp3) is 0.455. The highest BCUT2D eigenvalue weighted by Gasteiger charge is 2.38. The van der Waals surface area contributed by atoms with Crippen LogP contribution in [0.1, 0.15) is 150 Å². The molecule has 0 saturated heterocycles. The van der Waals surface area contributed by atoms with Crippen LogP contribution in [-0.4, -0.2) is 19.3 Å². The first-order chi connectivity index (χ1) is 28.7. The molecule has 0 aliphatic rings. The lowest BCUT2D eigenvalue weighted by Crippen LogP contribution is -2.38. The van der Waals surface area contributed by atoms with Crippen LogP contribution < -0.4 is 4.74 Å². The molecule has 3 nitrogen and oxygen atoms in total. The van der Waals surface area contributed by atoms with Crippen LogP contribution >= 0.6 is 0 Å². The van der Waals surface area contributed by atoms with Gasteiger partial charge in [-0.2, -0.15) is 0 Å². The van der Waals surface area contributed by atoms with Gasteiger partial charge in [0.25, 0.3) is 0 Å². The van der Waals surface area contributed by atoms with Gasteiger partial charge in [0.1, 0.15) is 24.1 Å². The number of hydrogen-bond donors (Lipinski definition) is 0. The van der Waals surface area contributed by atoms with Crippen LogP contribution in [0.3, 0.4) is 0 Å². The number of unbranched alkanes of at least 4 members (excludes halogenated alkanes) is 14. The highest BCUT2D eigenvalue weighted by Crippen LogP contribution is 2.40. The van der Waals surface area contributed by atoms with Crippen molar-refractivity contribution in [3.63, 3.8) is 0 Å². The second-order valence-corrected chi connectivity index (χ2v) is 16.2. The zero-order valence-electron chi connectivity index (χ0n) is 35.9. The zero-order valence-corrected chi connectivity index (χ0v) is 35.9. The molecule has 0 spiro atoms. The number of hydrogen-bond acceptors (Lipinski definition) is 3. The molecule has 0 fully saturated rings. The molecule has 0 aliphatic heterocycles. The average Bonchev–Trinajstić information content (AvgIpc) is 3.28. The Morgan fingerprint density at radius 2 is 0.879 bits per heavy atom. The molecule has 0 bridgehead atoms. The van der Waals surface area contributed by atoms with Gasteiger partial charge in [0.15, 0.2) is 0 Å². The lowest BCUT2D eigenvalue weighted by Gasteiger charge is -2.37. The molecule has 58 heavy (non-hydrogen) atoms. The van der Waals surface area contributed by atoms with E-state index in [1.807, 2.05) is 6.07 Å². The normalized spacial score (nSPS) is 12.1. The molecule has 5 aromatic carbocycles. The highest BCUT2D eigenvalue weighted by molar-refractivity contribution is 5.47. The Hall–Kier alpha value is -4.18. The molecule has 310 valence electrons. The molecule has 0 saturated carbocycles. The van der Waals surface area contributed by atoms with E-state index < -0.39 is 5.60 Å². The maximum atomic E-state index is 7.27. The van der Waals surface area contributed by atoms with Gasteiger partial charge < -0.3 is 14.2 Å². The van der Waals surface area contributed by atoms with Crippen molar-refractivity contribution in [2.45, 2.75) is 148 Å². The topological polar surface area (TPSA) is 27.7 Å². The Labute approximate surface area is 352 Å². The summed E-state index contributed by atoms with van der Waals surface area (Å²) in [5, 5.41) is 0. The third-order valence-electron chi connectivity index (χ3n) is 11.5. The van der Waals surface area contributed by atoms with E-state index in [0.29, 0.717) is 19.8 Å². The van der Waals surface area contributed by atoms with Gasteiger partial charge in [0.05, 0.1) is 13.2 Å². The quantitative estimate of drug-likeness (QED) is 0.0343. The molecule has 0 heterocycles. The van der Waals surface area contributed by atoms with Crippen LogP contribution in [0.25, 0.3) is 0 Å². The molecule has 0 amide bonds. The number of benzene rings is 5. The fourth-order valence-corrected chi connectivity index (χ4v) is 8.14. The summed E-state index contributed by atoms with van der Waals surface area (Å²) in [5.41, 5.74) is 6.28. The average molecular weight is 781 g/mol. The van der Waals surface area contributed by atoms with E-state index in [2.05, 4.69) is 147 Å². The van der Waals surface area contributed by atoms with Gasteiger partial charge in [-0.25, -0.2) is 0 Å². The van der Waals surface area contributed by atoms with Gasteiger partial charge in [0, 0.05) is 0 Å². The number of rotatable bonds is 30. The van der Waals surface area contributed by atoms with Crippen LogP contribution in [0, 0.1) is 0 Å². The summed E-state index contributed by atoms with van der Waals surface area (Å²) >= 11 is 0. The van der Waals surface area contributed by atoms with Crippen molar-refractivity contribution < 1.29 is 14.2 Å². The summed E-state index contributed by atoms with van der Waals surface area (Å²) < 4.78 is 20.8. The zero-order chi connectivity index (χ0) is 40.4. The summed E-state index contributed by atoms with van der Waals surface area (Å²) in [7, 11) is 0. The van der Waals surface area contributed by atoms with Crippen LogP contribution in [0.15, 0.2) is 140 Å². The lowest BCUT2D eigenvalue weighted by molar-refractivity contribution is -0.0827. The first kappa shape index (κ1) is 44.9. The smallest absolute Gasteiger partial charge is 0.143 e. The minimum atomic E-state index is -0.835. The van der Waals surface area contributed by atoms with Crippen LogP contribution in [-0.2, 0) is 34.5 Å². The standard InChI is InChI=1S/C55H72O3/c1-3-5-7-9-10-11-12-13-14-15-16-21-31-47-41-42-54(49(43-47)34-24-8-6-4-2)57-45-53(56-44-48-32-22-17-23-33-48)46-58-55(50-35-25-18-26-36-50,51-37-27-19-28-38-51)52-39-29-20-30-40-52/h17-20,22-23,25-30,32-33,35-43,53H,3-16,21,24,31,34,44-46H2,1-2H3. The van der Waals surface area contributed by atoms with Gasteiger partial charge >= 0.3 is 0 Å². The molecule has 5 rings (SSSR count). The molecule has 3 heteroatoms. The summed E-state index contributed by atoms with van der Waals surface area (Å²) in [5.74, 6) is 0.976. The molecule has 1 atom stereocenters. The maximum absolute atomic E-state index is 7.27. The third-order valence-corrected chi connectivity index (χ3v) is 11.5. The molecular formula is C55H72O3. The van der Waals surface area contributed by atoms with E-state index in [-0.39, 0.29) is 6.10 Å². The predicted molar refractivity (Wildman–Crippen MR) is 245 cm³/mol. The molecule has 0 N–H and O–H groups in total. The summed E-state index contributed by atoms with van der Waals surface area (Å²) in [6.07, 6.45) is 23.3. The van der Waals surface area contributed by atoms with E-state index in [1.54, 1.807) is 0 Å². The van der Waals surface area contributed by atoms with Crippen LogP contribution in [0.2, 0.25) is 0 Å². The summed E-state index contributed by atoms with van der Waals surface area (Å²) in [4.78, 5) is 0. The highest BCUT2D eigenvalue weighted by atomic mass is 16.6. The molecule has 5 aromatic rings. The van der Waals surface area contributed by atoms with E-state index in [4.69, 9.17) is 14.2 Å². The maximum Gasteiger partial charge on any atom is 0.143 e. The molecule has 0 aromatic heterocycles.